The number of fused-ring (bicyclic) bond motifs is 1. The minimum absolute atomic E-state index is 0.00639. The van der Waals surface area contributed by atoms with Crippen LogP contribution in [0.3, 0.4) is 0 Å². The molecule has 0 aliphatic carbocycles. The fraction of sp³-hybridized carbons (Fsp3) is 0.519. The second-order valence-electron chi connectivity index (χ2n) is 10.1. The lowest BCUT2D eigenvalue weighted by molar-refractivity contribution is -0.161. The largest absolute Gasteiger partial charge is 0.461 e. The van der Waals surface area contributed by atoms with Gasteiger partial charge in [0, 0.05) is 6.54 Å². The van der Waals surface area contributed by atoms with Crippen LogP contribution < -0.4 is 4.90 Å². The van der Waals surface area contributed by atoms with E-state index in [1.807, 2.05) is 13.8 Å². The van der Waals surface area contributed by atoms with Crippen molar-refractivity contribution in [1.82, 2.24) is 4.90 Å². The normalized spacial score (nSPS) is 33.2. The summed E-state index contributed by atoms with van der Waals surface area (Å²) in [7, 11) is 0. The number of carbonyl (C=O) groups is 3. The third-order valence-corrected chi connectivity index (χ3v) is 8.36. The average Bonchev–Trinajstić information content (AvgIpc) is 3.37. The second-order valence-corrected chi connectivity index (χ2v) is 10.5. The standard InChI is InChI=1S/C27H33ClN2O6/c1-6-12-29(19-11-9-8-10-18(19)28)24(33)22-27-14-16(3)26(5,36-27)21(25(34)35-13-7-2)20(27)23(32)30(22)17(4)15-31/h6-11,16-17,20-22,31H,1-2,12-15H2,3-5H3/t16?,17-,20+,21+,22?,26-,27?/m1/s1. The van der Waals surface area contributed by atoms with E-state index in [9.17, 15) is 19.5 Å². The number of ether oxygens (including phenoxy) is 2. The zero-order chi connectivity index (χ0) is 26.4. The van der Waals surface area contributed by atoms with E-state index in [2.05, 4.69) is 13.2 Å². The number of nitrogens with zero attached hydrogens (tertiary/aromatic N) is 2. The summed E-state index contributed by atoms with van der Waals surface area (Å²) < 4.78 is 12.0. The average molecular weight is 517 g/mol. The highest BCUT2D eigenvalue weighted by atomic mass is 35.5. The topological polar surface area (TPSA) is 96.4 Å². The number of amides is 2. The van der Waals surface area contributed by atoms with E-state index in [0.717, 1.165) is 0 Å². The molecule has 0 aromatic heterocycles. The number of carbonyl (C=O) groups excluding carboxylic acids is 3. The fourth-order valence-corrected chi connectivity index (χ4v) is 6.60. The van der Waals surface area contributed by atoms with E-state index in [0.29, 0.717) is 17.1 Å². The quantitative estimate of drug-likeness (QED) is 0.400. The van der Waals surface area contributed by atoms with Gasteiger partial charge >= 0.3 is 5.97 Å². The van der Waals surface area contributed by atoms with Crippen LogP contribution in [-0.2, 0) is 23.9 Å². The number of rotatable bonds is 9. The number of esters is 1. The van der Waals surface area contributed by atoms with Crippen molar-refractivity contribution >= 4 is 35.1 Å². The van der Waals surface area contributed by atoms with E-state index in [-0.39, 0.29) is 25.7 Å². The highest BCUT2D eigenvalue weighted by Gasteiger charge is 2.80. The van der Waals surface area contributed by atoms with Crippen LogP contribution in [0, 0.1) is 17.8 Å². The van der Waals surface area contributed by atoms with Crippen molar-refractivity contribution in [1.29, 1.82) is 0 Å². The maximum absolute atomic E-state index is 14.4. The first-order valence-corrected chi connectivity index (χ1v) is 12.5. The molecule has 3 aliphatic rings. The summed E-state index contributed by atoms with van der Waals surface area (Å²) in [4.78, 5) is 44.5. The predicted molar refractivity (Wildman–Crippen MR) is 135 cm³/mol. The summed E-state index contributed by atoms with van der Waals surface area (Å²) in [6.45, 7) is 12.6. The van der Waals surface area contributed by atoms with Gasteiger partial charge in [-0.25, -0.2) is 0 Å². The van der Waals surface area contributed by atoms with Crippen LogP contribution in [0.15, 0.2) is 49.6 Å². The Hall–Kier alpha value is -2.68. The summed E-state index contributed by atoms with van der Waals surface area (Å²) in [5, 5.41) is 10.4. The molecule has 3 unspecified atom stereocenters. The Morgan fingerprint density at radius 2 is 2.06 bits per heavy atom. The Morgan fingerprint density at radius 3 is 2.67 bits per heavy atom. The first-order chi connectivity index (χ1) is 17.1. The fourth-order valence-electron chi connectivity index (χ4n) is 6.36. The number of para-hydroxylation sites is 1. The highest BCUT2D eigenvalue weighted by molar-refractivity contribution is 6.34. The van der Waals surface area contributed by atoms with Crippen LogP contribution in [-0.4, -0.2) is 70.8 Å². The summed E-state index contributed by atoms with van der Waals surface area (Å²) in [5.41, 5.74) is -1.77. The van der Waals surface area contributed by atoms with E-state index in [1.165, 1.54) is 15.9 Å². The van der Waals surface area contributed by atoms with Gasteiger partial charge in [0.1, 0.15) is 24.2 Å². The Labute approximate surface area is 216 Å². The molecule has 2 bridgehead atoms. The van der Waals surface area contributed by atoms with Gasteiger partial charge in [-0.05, 0) is 38.3 Å². The monoisotopic (exact) mass is 516 g/mol. The molecule has 1 spiro atoms. The number of aliphatic hydroxyl groups is 1. The van der Waals surface area contributed by atoms with Gasteiger partial charge in [0.05, 0.1) is 34.9 Å². The number of benzene rings is 1. The van der Waals surface area contributed by atoms with Crippen molar-refractivity contribution < 1.29 is 29.0 Å². The van der Waals surface area contributed by atoms with Crippen LogP contribution in [0.1, 0.15) is 27.2 Å². The Kier molecular flexibility index (Phi) is 7.07. The molecule has 8 nitrogen and oxygen atoms in total. The van der Waals surface area contributed by atoms with Crippen molar-refractivity contribution in [3.8, 4) is 0 Å². The molecular weight excluding hydrogens is 484 g/mol. The molecule has 1 aromatic carbocycles. The van der Waals surface area contributed by atoms with E-state index in [4.69, 9.17) is 21.1 Å². The molecule has 0 saturated carbocycles. The zero-order valence-corrected chi connectivity index (χ0v) is 21.6. The molecule has 36 heavy (non-hydrogen) atoms. The van der Waals surface area contributed by atoms with Crippen LogP contribution in [0.25, 0.3) is 0 Å². The second kappa shape index (κ2) is 9.65. The molecule has 3 aliphatic heterocycles. The van der Waals surface area contributed by atoms with Crippen molar-refractivity contribution in [3.05, 3.63) is 54.6 Å². The maximum atomic E-state index is 14.4. The van der Waals surface area contributed by atoms with E-state index >= 15 is 0 Å². The van der Waals surface area contributed by atoms with Crippen molar-refractivity contribution in [2.45, 2.75) is 50.5 Å². The van der Waals surface area contributed by atoms with Gasteiger partial charge in [-0.15, -0.1) is 6.58 Å². The van der Waals surface area contributed by atoms with Gasteiger partial charge in [-0.1, -0.05) is 49.4 Å². The number of anilines is 1. The maximum Gasteiger partial charge on any atom is 0.313 e. The highest BCUT2D eigenvalue weighted by Crippen LogP contribution is 2.65. The summed E-state index contributed by atoms with van der Waals surface area (Å²) in [6, 6.07) is 5.18. The lowest BCUT2D eigenvalue weighted by atomic mass is 9.62. The van der Waals surface area contributed by atoms with Crippen LogP contribution in [0.5, 0.6) is 0 Å². The summed E-state index contributed by atoms with van der Waals surface area (Å²) in [5.74, 6) is -3.30. The Bertz CT molecular complexity index is 1090. The number of aliphatic hydroxyl groups excluding tert-OH is 1. The van der Waals surface area contributed by atoms with Gasteiger partial charge in [0.15, 0.2) is 0 Å². The van der Waals surface area contributed by atoms with E-state index in [1.54, 1.807) is 37.3 Å². The van der Waals surface area contributed by atoms with Gasteiger partial charge in [0.25, 0.3) is 5.91 Å². The van der Waals surface area contributed by atoms with Crippen molar-refractivity contribution in [2.75, 3.05) is 24.7 Å². The van der Waals surface area contributed by atoms with Gasteiger partial charge in [0.2, 0.25) is 5.91 Å². The van der Waals surface area contributed by atoms with Crippen LogP contribution in [0.4, 0.5) is 5.69 Å². The molecular formula is C27H33ClN2O6. The summed E-state index contributed by atoms with van der Waals surface area (Å²) in [6.07, 6.45) is 3.45. The lowest BCUT2D eigenvalue weighted by Crippen LogP contribution is -2.58. The van der Waals surface area contributed by atoms with Crippen LogP contribution >= 0.6 is 11.6 Å². The molecule has 194 valence electrons. The SMILES string of the molecule is C=CCOC(=O)[C@@H]1[C@H]2C(=O)N([C@H](C)CO)C(C(=O)N(CC=C)c3ccccc3Cl)C23CC(C)[C@@]1(C)O3. The Morgan fingerprint density at radius 1 is 1.36 bits per heavy atom. The molecule has 3 saturated heterocycles. The number of hydrogen-bond acceptors (Lipinski definition) is 6. The third kappa shape index (κ3) is 3.69. The first kappa shape index (κ1) is 26.4. The molecule has 9 heteroatoms. The van der Waals surface area contributed by atoms with Crippen molar-refractivity contribution in [3.63, 3.8) is 0 Å². The number of hydrogen-bond donors (Lipinski definition) is 1. The summed E-state index contributed by atoms with van der Waals surface area (Å²) >= 11 is 6.46. The van der Waals surface area contributed by atoms with Crippen molar-refractivity contribution in [2.24, 2.45) is 17.8 Å². The molecule has 3 fully saturated rings. The van der Waals surface area contributed by atoms with Crippen LogP contribution in [0.2, 0.25) is 5.02 Å². The molecule has 7 atom stereocenters. The molecule has 1 aromatic rings. The molecule has 4 rings (SSSR count). The van der Waals surface area contributed by atoms with Gasteiger partial charge in [-0.2, -0.15) is 0 Å². The first-order valence-electron chi connectivity index (χ1n) is 12.2. The molecule has 2 amide bonds. The zero-order valence-electron chi connectivity index (χ0n) is 20.9. The number of halogens is 1. The predicted octanol–water partition coefficient (Wildman–Crippen LogP) is 2.98. The minimum atomic E-state index is -1.26. The van der Waals surface area contributed by atoms with Gasteiger partial charge < -0.3 is 24.4 Å². The minimum Gasteiger partial charge on any atom is -0.461 e. The molecule has 1 N–H and O–H groups in total. The molecule has 3 heterocycles. The number of likely N-dealkylation sites (tertiary alicyclic amines) is 1. The smallest absolute Gasteiger partial charge is 0.313 e. The molecule has 0 radical (unpaired) electrons. The van der Waals surface area contributed by atoms with Gasteiger partial charge in [-0.3, -0.25) is 14.4 Å². The third-order valence-electron chi connectivity index (χ3n) is 8.04. The lowest BCUT2D eigenvalue weighted by Gasteiger charge is -2.38. The Balaban J connectivity index is 1.86. The van der Waals surface area contributed by atoms with E-state index < -0.39 is 52.9 Å².